The standard InChI is InChI=1S/C20H19N3O3/c24-20(25)17-13-18(14-4-6-21-7-5-14)22-19(17)15-2-1-3-16(12-15)23-8-10-26-11-9-23/h1-7,12-13,22H,8-11H2,(H,24,25). The fourth-order valence-electron chi connectivity index (χ4n) is 3.22. The monoisotopic (exact) mass is 349 g/mol. The Morgan fingerprint density at radius 2 is 1.85 bits per heavy atom. The summed E-state index contributed by atoms with van der Waals surface area (Å²) >= 11 is 0. The minimum atomic E-state index is -0.951. The third kappa shape index (κ3) is 3.19. The summed E-state index contributed by atoms with van der Waals surface area (Å²) in [6.07, 6.45) is 3.38. The van der Waals surface area contributed by atoms with Gasteiger partial charge in [-0.15, -0.1) is 0 Å². The van der Waals surface area contributed by atoms with E-state index in [-0.39, 0.29) is 5.56 Å². The number of carbonyl (C=O) groups is 1. The molecule has 0 amide bonds. The molecule has 0 aliphatic carbocycles. The maximum absolute atomic E-state index is 11.8. The molecule has 0 unspecified atom stereocenters. The van der Waals surface area contributed by atoms with Gasteiger partial charge in [-0.05, 0) is 30.3 Å². The number of H-pyrrole nitrogens is 1. The number of aromatic nitrogens is 2. The van der Waals surface area contributed by atoms with E-state index in [1.54, 1.807) is 18.5 Å². The van der Waals surface area contributed by atoms with Crippen molar-refractivity contribution in [1.29, 1.82) is 0 Å². The second-order valence-electron chi connectivity index (χ2n) is 6.16. The number of ether oxygens (including phenoxy) is 1. The number of hydrogen-bond acceptors (Lipinski definition) is 4. The summed E-state index contributed by atoms with van der Waals surface area (Å²) in [6.45, 7) is 3.09. The van der Waals surface area contributed by atoms with Gasteiger partial charge in [0.25, 0.3) is 0 Å². The quantitative estimate of drug-likeness (QED) is 0.756. The first-order valence-electron chi connectivity index (χ1n) is 8.52. The lowest BCUT2D eigenvalue weighted by molar-refractivity contribution is 0.0698. The van der Waals surface area contributed by atoms with Crippen LogP contribution in [-0.4, -0.2) is 47.3 Å². The summed E-state index contributed by atoms with van der Waals surface area (Å²) in [5.74, 6) is -0.951. The lowest BCUT2D eigenvalue weighted by atomic mass is 10.1. The van der Waals surface area contributed by atoms with E-state index in [0.29, 0.717) is 18.9 Å². The van der Waals surface area contributed by atoms with Crippen LogP contribution in [0.15, 0.2) is 54.9 Å². The van der Waals surface area contributed by atoms with Crippen LogP contribution in [-0.2, 0) is 4.74 Å². The zero-order valence-corrected chi connectivity index (χ0v) is 14.2. The normalized spacial score (nSPS) is 14.4. The third-order valence-corrected chi connectivity index (χ3v) is 4.55. The van der Waals surface area contributed by atoms with E-state index in [1.807, 2.05) is 36.4 Å². The molecular weight excluding hydrogens is 330 g/mol. The van der Waals surface area contributed by atoms with Crippen LogP contribution in [0.2, 0.25) is 0 Å². The minimum absolute atomic E-state index is 0.260. The zero-order chi connectivity index (χ0) is 17.9. The van der Waals surface area contributed by atoms with E-state index in [0.717, 1.165) is 35.6 Å². The Morgan fingerprint density at radius 1 is 1.08 bits per heavy atom. The molecule has 6 nitrogen and oxygen atoms in total. The number of benzene rings is 1. The molecule has 1 aliphatic rings. The van der Waals surface area contributed by atoms with Crippen LogP contribution < -0.4 is 4.90 Å². The number of morpholine rings is 1. The average molecular weight is 349 g/mol. The fourth-order valence-corrected chi connectivity index (χ4v) is 3.22. The summed E-state index contributed by atoms with van der Waals surface area (Å²) in [4.78, 5) is 21.3. The molecule has 1 aromatic carbocycles. The van der Waals surface area contributed by atoms with Crippen molar-refractivity contribution in [3.8, 4) is 22.5 Å². The maximum Gasteiger partial charge on any atom is 0.337 e. The largest absolute Gasteiger partial charge is 0.478 e. The van der Waals surface area contributed by atoms with E-state index >= 15 is 0 Å². The summed E-state index contributed by atoms with van der Waals surface area (Å²) < 4.78 is 5.41. The number of aromatic amines is 1. The van der Waals surface area contributed by atoms with Gasteiger partial charge in [-0.3, -0.25) is 4.98 Å². The number of carboxylic acids is 1. The lowest BCUT2D eigenvalue weighted by Gasteiger charge is -2.29. The van der Waals surface area contributed by atoms with Crippen LogP contribution in [0.4, 0.5) is 5.69 Å². The molecule has 1 aliphatic heterocycles. The number of hydrogen-bond donors (Lipinski definition) is 2. The molecule has 26 heavy (non-hydrogen) atoms. The van der Waals surface area contributed by atoms with Crippen molar-refractivity contribution in [3.63, 3.8) is 0 Å². The van der Waals surface area contributed by atoms with Gasteiger partial charge in [0.15, 0.2) is 0 Å². The molecular formula is C20H19N3O3. The Hall–Kier alpha value is -3.12. The van der Waals surface area contributed by atoms with Gasteiger partial charge in [-0.1, -0.05) is 12.1 Å². The zero-order valence-electron chi connectivity index (χ0n) is 14.2. The summed E-state index contributed by atoms with van der Waals surface area (Å²) in [5.41, 5.74) is 4.46. The highest BCUT2D eigenvalue weighted by molar-refractivity contribution is 5.97. The molecule has 3 aromatic rings. The lowest BCUT2D eigenvalue weighted by Crippen LogP contribution is -2.36. The SMILES string of the molecule is O=C(O)c1cc(-c2ccncc2)[nH]c1-c1cccc(N2CCOCC2)c1. The summed E-state index contributed by atoms with van der Waals surface area (Å²) in [5, 5.41) is 9.65. The van der Waals surface area contributed by atoms with Crippen molar-refractivity contribution >= 4 is 11.7 Å². The van der Waals surface area contributed by atoms with Crippen molar-refractivity contribution < 1.29 is 14.6 Å². The number of anilines is 1. The molecule has 0 saturated carbocycles. The topological polar surface area (TPSA) is 78.4 Å². The molecule has 4 rings (SSSR count). The number of carboxylic acid groups (broad SMARTS) is 1. The van der Waals surface area contributed by atoms with Gasteiger partial charge >= 0.3 is 5.97 Å². The van der Waals surface area contributed by atoms with Crippen LogP contribution in [0, 0.1) is 0 Å². The Labute approximate surface area is 151 Å². The maximum atomic E-state index is 11.8. The van der Waals surface area contributed by atoms with Gasteiger partial charge in [0.1, 0.15) is 0 Å². The van der Waals surface area contributed by atoms with Crippen molar-refractivity contribution in [2.45, 2.75) is 0 Å². The van der Waals surface area contributed by atoms with Crippen LogP contribution in [0.1, 0.15) is 10.4 Å². The second kappa shape index (κ2) is 7.01. The Morgan fingerprint density at radius 3 is 2.58 bits per heavy atom. The Kier molecular flexibility index (Phi) is 4.41. The first kappa shape index (κ1) is 16.4. The molecule has 2 aromatic heterocycles. The van der Waals surface area contributed by atoms with Crippen molar-refractivity contribution in [2.75, 3.05) is 31.2 Å². The highest BCUT2D eigenvalue weighted by Crippen LogP contribution is 2.31. The number of aromatic carboxylic acids is 1. The molecule has 0 atom stereocenters. The van der Waals surface area contributed by atoms with Crippen molar-refractivity contribution in [1.82, 2.24) is 9.97 Å². The van der Waals surface area contributed by atoms with Crippen LogP contribution in [0.3, 0.4) is 0 Å². The molecule has 3 heterocycles. The predicted molar refractivity (Wildman–Crippen MR) is 99.5 cm³/mol. The average Bonchev–Trinajstić information content (AvgIpc) is 3.15. The van der Waals surface area contributed by atoms with Crippen LogP contribution in [0.25, 0.3) is 22.5 Å². The van der Waals surface area contributed by atoms with Gasteiger partial charge in [-0.2, -0.15) is 0 Å². The third-order valence-electron chi connectivity index (χ3n) is 4.55. The van der Waals surface area contributed by atoms with Gasteiger partial charge in [0.2, 0.25) is 0 Å². The summed E-state index contributed by atoms with van der Waals surface area (Å²) in [7, 11) is 0. The molecule has 1 fully saturated rings. The van der Waals surface area contributed by atoms with E-state index in [1.165, 1.54) is 0 Å². The molecule has 1 saturated heterocycles. The smallest absolute Gasteiger partial charge is 0.337 e. The first-order chi connectivity index (χ1) is 12.7. The number of rotatable bonds is 4. The van der Waals surface area contributed by atoms with Crippen molar-refractivity contribution in [2.24, 2.45) is 0 Å². The fraction of sp³-hybridized carbons (Fsp3) is 0.200. The number of pyridine rings is 1. The van der Waals surface area contributed by atoms with E-state index in [4.69, 9.17) is 4.74 Å². The van der Waals surface area contributed by atoms with E-state index in [9.17, 15) is 9.90 Å². The van der Waals surface area contributed by atoms with Crippen molar-refractivity contribution in [3.05, 3.63) is 60.4 Å². The van der Waals surface area contributed by atoms with Crippen LogP contribution in [0.5, 0.6) is 0 Å². The van der Waals surface area contributed by atoms with Gasteiger partial charge in [-0.25, -0.2) is 4.79 Å². The minimum Gasteiger partial charge on any atom is -0.478 e. The molecule has 132 valence electrons. The molecule has 6 heteroatoms. The number of nitrogens with one attached hydrogen (secondary N) is 1. The van der Waals surface area contributed by atoms with Gasteiger partial charge in [0, 0.05) is 48.0 Å². The van der Waals surface area contributed by atoms with E-state index < -0.39 is 5.97 Å². The first-order valence-corrected chi connectivity index (χ1v) is 8.52. The molecule has 0 bridgehead atoms. The Bertz CT molecular complexity index is 915. The second-order valence-corrected chi connectivity index (χ2v) is 6.16. The van der Waals surface area contributed by atoms with Crippen LogP contribution >= 0.6 is 0 Å². The molecule has 0 spiro atoms. The predicted octanol–water partition coefficient (Wildman–Crippen LogP) is 3.28. The Balaban J connectivity index is 1.75. The summed E-state index contributed by atoms with van der Waals surface area (Å²) in [6, 6.07) is 13.3. The van der Waals surface area contributed by atoms with Gasteiger partial charge < -0.3 is 19.7 Å². The molecule has 0 radical (unpaired) electrons. The highest BCUT2D eigenvalue weighted by Gasteiger charge is 2.18. The van der Waals surface area contributed by atoms with Gasteiger partial charge in [0.05, 0.1) is 24.5 Å². The highest BCUT2D eigenvalue weighted by atomic mass is 16.5. The van der Waals surface area contributed by atoms with E-state index in [2.05, 4.69) is 14.9 Å². The number of nitrogens with zero attached hydrogens (tertiary/aromatic N) is 2. The molecule has 2 N–H and O–H groups in total.